The van der Waals surface area contributed by atoms with Crippen LogP contribution >= 0.6 is 0 Å². The molecular formula is C13H12N4O2. The highest BCUT2D eigenvalue weighted by Crippen LogP contribution is 2.30. The maximum Gasteiger partial charge on any atom is 0.296 e. The largest absolute Gasteiger partial charge is 0.378 e. The summed E-state index contributed by atoms with van der Waals surface area (Å²) in [7, 11) is 3.83. The van der Waals surface area contributed by atoms with Crippen LogP contribution in [-0.4, -0.2) is 24.0 Å². The Bertz CT molecular complexity index is 650. The van der Waals surface area contributed by atoms with Gasteiger partial charge in [-0.25, -0.2) is 0 Å². The zero-order valence-corrected chi connectivity index (χ0v) is 10.5. The minimum atomic E-state index is -0.494. The zero-order chi connectivity index (χ0) is 14.0. The van der Waals surface area contributed by atoms with Crippen molar-refractivity contribution in [1.82, 2.24) is 4.98 Å². The standard InChI is InChI=1S/C13H12N4O2/c1-16(2)11-5-3-9(4-6-11)13-12(17(18)19)7-10(8-14)15-13/h3-7,15H,1-2H3. The maximum atomic E-state index is 11.0. The molecule has 1 heterocycles. The van der Waals surface area contributed by atoms with Gasteiger partial charge in [-0.3, -0.25) is 10.1 Å². The Morgan fingerprint density at radius 1 is 1.32 bits per heavy atom. The van der Waals surface area contributed by atoms with Gasteiger partial charge in [0.1, 0.15) is 17.5 Å². The molecule has 19 heavy (non-hydrogen) atoms. The molecule has 2 rings (SSSR count). The van der Waals surface area contributed by atoms with Gasteiger partial charge in [-0.05, 0) is 12.1 Å². The monoisotopic (exact) mass is 256 g/mol. The van der Waals surface area contributed by atoms with Gasteiger partial charge in [0.2, 0.25) is 0 Å². The molecule has 1 aromatic carbocycles. The van der Waals surface area contributed by atoms with Crippen LogP contribution in [0.2, 0.25) is 0 Å². The van der Waals surface area contributed by atoms with E-state index in [9.17, 15) is 10.1 Å². The molecule has 0 atom stereocenters. The van der Waals surface area contributed by atoms with Gasteiger partial charge in [-0.2, -0.15) is 5.26 Å². The fourth-order valence-electron chi connectivity index (χ4n) is 1.79. The maximum absolute atomic E-state index is 11.0. The van der Waals surface area contributed by atoms with Gasteiger partial charge in [0.25, 0.3) is 5.69 Å². The van der Waals surface area contributed by atoms with E-state index in [0.717, 1.165) is 5.69 Å². The van der Waals surface area contributed by atoms with Crippen molar-refractivity contribution in [3.8, 4) is 17.3 Å². The number of aromatic nitrogens is 1. The van der Waals surface area contributed by atoms with Gasteiger partial charge >= 0.3 is 0 Å². The molecule has 0 fully saturated rings. The first-order valence-electron chi connectivity index (χ1n) is 5.58. The fraction of sp³-hybridized carbons (Fsp3) is 0.154. The number of aromatic amines is 1. The predicted octanol–water partition coefficient (Wildman–Crippen LogP) is 2.53. The van der Waals surface area contributed by atoms with Crippen molar-refractivity contribution in [2.24, 2.45) is 0 Å². The molecular weight excluding hydrogens is 244 g/mol. The zero-order valence-electron chi connectivity index (χ0n) is 10.5. The highest BCUT2D eigenvalue weighted by atomic mass is 16.6. The number of nitro groups is 1. The summed E-state index contributed by atoms with van der Waals surface area (Å²) in [6.45, 7) is 0. The fourth-order valence-corrected chi connectivity index (χ4v) is 1.79. The average Bonchev–Trinajstić information content (AvgIpc) is 2.83. The quantitative estimate of drug-likeness (QED) is 0.675. The smallest absolute Gasteiger partial charge is 0.296 e. The molecule has 6 heteroatoms. The second kappa shape index (κ2) is 4.82. The molecule has 0 spiro atoms. The molecule has 0 saturated heterocycles. The summed E-state index contributed by atoms with van der Waals surface area (Å²) in [6.07, 6.45) is 0. The van der Waals surface area contributed by atoms with E-state index in [0.29, 0.717) is 11.3 Å². The van der Waals surface area contributed by atoms with Crippen molar-refractivity contribution in [3.05, 3.63) is 46.1 Å². The summed E-state index contributed by atoms with van der Waals surface area (Å²) < 4.78 is 0. The minimum Gasteiger partial charge on any atom is -0.378 e. The topological polar surface area (TPSA) is 86.0 Å². The van der Waals surface area contributed by atoms with Crippen LogP contribution in [0, 0.1) is 21.4 Å². The Hall–Kier alpha value is -2.81. The van der Waals surface area contributed by atoms with Gasteiger partial charge in [-0.15, -0.1) is 0 Å². The first kappa shape index (κ1) is 12.6. The second-order valence-electron chi connectivity index (χ2n) is 4.25. The first-order chi connectivity index (χ1) is 9.02. The molecule has 1 aromatic heterocycles. The number of nitriles is 1. The van der Waals surface area contributed by atoms with Crippen molar-refractivity contribution in [3.63, 3.8) is 0 Å². The van der Waals surface area contributed by atoms with E-state index in [4.69, 9.17) is 5.26 Å². The van der Waals surface area contributed by atoms with Crippen LogP contribution in [0.4, 0.5) is 11.4 Å². The van der Waals surface area contributed by atoms with E-state index in [1.165, 1.54) is 6.07 Å². The minimum absolute atomic E-state index is 0.0887. The van der Waals surface area contributed by atoms with Crippen molar-refractivity contribution in [1.29, 1.82) is 5.26 Å². The van der Waals surface area contributed by atoms with Crippen LogP contribution in [0.1, 0.15) is 5.69 Å². The summed E-state index contributed by atoms with van der Waals surface area (Å²) in [6, 6.07) is 10.4. The Kier molecular flexibility index (Phi) is 3.21. The molecule has 0 saturated carbocycles. The molecule has 6 nitrogen and oxygen atoms in total. The summed E-state index contributed by atoms with van der Waals surface area (Å²) in [5.74, 6) is 0. The number of rotatable bonds is 3. The lowest BCUT2D eigenvalue weighted by molar-refractivity contribution is -0.384. The molecule has 0 bridgehead atoms. The number of hydrogen-bond acceptors (Lipinski definition) is 4. The van der Waals surface area contributed by atoms with E-state index in [1.807, 2.05) is 37.2 Å². The van der Waals surface area contributed by atoms with Gasteiger partial charge in [-0.1, -0.05) is 12.1 Å². The van der Waals surface area contributed by atoms with Crippen LogP contribution in [0.15, 0.2) is 30.3 Å². The van der Waals surface area contributed by atoms with Crippen LogP contribution in [-0.2, 0) is 0 Å². The van der Waals surface area contributed by atoms with E-state index >= 15 is 0 Å². The highest BCUT2D eigenvalue weighted by molar-refractivity contribution is 5.73. The molecule has 2 aromatic rings. The molecule has 96 valence electrons. The normalized spacial score (nSPS) is 9.95. The molecule has 1 N–H and O–H groups in total. The molecule has 0 unspecified atom stereocenters. The average molecular weight is 256 g/mol. The van der Waals surface area contributed by atoms with E-state index < -0.39 is 4.92 Å². The van der Waals surface area contributed by atoms with Gasteiger partial charge < -0.3 is 9.88 Å². The Balaban J connectivity index is 2.49. The third-order valence-corrected chi connectivity index (χ3v) is 2.79. The molecule has 0 radical (unpaired) electrons. The Morgan fingerprint density at radius 3 is 2.42 bits per heavy atom. The Labute approximate surface area is 110 Å². The third-order valence-electron chi connectivity index (χ3n) is 2.79. The predicted molar refractivity (Wildman–Crippen MR) is 71.9 cm³/mol. The number of benzene rings is 1. The molecule has 0 aliphatic rings. The van der Waals surface area contributed by atoms with Crippen molar-refractivity contribution < 1.29 is 4.92 Å². The molecule has 0 aliphatic carbocycles. The van der Waals surface area contributed by atoms with E-state index in [1.54, 1.807) is 12.1 Å². The van der Waals surface area contributed by atoms with Crippen LogP contribution in [0.25, 0.3) is 11.3 Å². The van der Waals surface area contributed by atoms with E-state index in [-0.39, 0.29) is 11.4 Å². The lowest BCUT2D eigenvalue weighted by atomic mass is 10.1. The summed E-state index contributed by atoms with van der Waals surface area (Å²) in [4.78, 5) is 15.2. The SMILES string of the molecule is CN(C)c1ccc(-c2[nH]c(C#N)cc2[N+](=O)[O-])cc1. The number of anilines is 1. The number of H-pyrrole nitrogens is 1. The van der Waals surface area contributed by atoms with Crippen LogP contribution in [0.3, 0.4) is 0 Å². The summed E-state index contributed by atoms with van der Waals surface area (Å²) in [5.41, 5.74) is 2.12. The molecule has 0 amide bonds. The van der Waals surface area contributed by atoms with Crippen molar-refractivity contribution in [2.75, 3.05) is 19.0 Å². The first-order valence-corrected chi connectivity index (χ1v) is 5.58. The van der Waals surface area contributed by atoms with Gasteiger partial charge in [0.15, 0.2) is 0 Å². The van der Waals surface area contributed by atoms with Crippen molar-refractivity contribution in [2.45, 2.75) is 0 Å². The van der Waals surface area contributed by atoms with Gasteiger partial charge in [0, 0.05) is 25.3 Å². The lowest BCUT2D eigenvalue weighted by Gasteiger charge is -2.12. The van der Waals surface area contributed by atoms with Crippen molar-refractivity contribution >= 4 is 11.4 Å². The summed E-state index contributed by atoms with van der Waals surface area (Å²) in [5, 5.41) is 19.8. The van der Waals surface area contributed by atoms with Gasteiger partial charge in [0.05, 0.1) is 11.0 Å². The van der Waals surface area contributed by atoms with E-state index in [2.05, 4.69) is 4.98 Å². The summed E-state index contributed by atoms with van der Waals surface area (Å²) >= 11 is 0. The lowest BCUT2D eigenvalue weighted by Crippen LogP contribution is -2.07. The Morgan fingerprint density at radius 2 is 1.95 bits per heavy atom. The number of nitrogens with zero attached hydrogens (tertiary/aromatic N) is 3. The molecule has 0 aliphatic heterocycles. The van der Waals surface area contributed by atoms with Crippen LogP contribution in [0.5, 0.6) is 0 Å². The van der Waals surface area contributed by atoms with Crippen LogP contribution < -0.4 is 4.90 Å². The number of hydrogen-bond donors (Lipinski definition) is 1. The second-order valence-corrected chi connectivity index (χ2v) is 4.25. The highest BCUT2D eigenvalue weighted by Gasteiger charge is 2.19. The number of nitrogens with one attached hydrogen (secondary N) is 1. The third kappa shape index (κ3) is 2.40.